The Morgan fingerprint density at radius 2 is 1.95 bits per heavy atom. The number of carbonyl (C=O) groups excluding carboxylic acids is 1. The maximum atomic E-state index is 11.7. The number of nitrogens with zero attached hydrogens (tertiary/aromatic N) is 1. The molecule has 0 bridgehead atoms. The Bertz CT molecular complexity index is 587. The molecule has 0 unspecified atom stereocenters. The lowest BCUT2D eigenvalue weighted by Crippen LogP contribution is -2.16. The van der Waals surface area contributed by atoms with Crippen LogP contribution in [0.5, 0.6) is 11.5 Å². The molecule has 0 saturated heterocycles. The fourth-order valence-electron chi connectivity index (χ4n) is 1.53. The maximum Gasteiger partial charge on any atom is 0.281 e. The summed E-state index contributed by atoms with van der Waals surface area (Å²) >= 11 is 1.36. The molecule has 2 rings (SSSR count). The van der Waals surface area contributed by atoms with Gasteiger partial charge in [-0.2, -0.15) is 5.10 Å². The van der Waals surface area contributed by atoms with Gasteiger partial charge in [0.05, 0.1) is 25.3 Å². The average Bonchev–Trinajstić information content (AvgIpc) is 3.01. The molecular formula is C14H14N2O3S. The van der Waals surface area contributed by atoms with Gasteiger partial charge in [0.15, 0.2) is 0 Å². The summed E-state index contributed by atoms with van der Waals surface area (Å²) in [7, 11) is 3.16. The predicted octanol–water partition coefficient (Wildman–Crippen LogP) is 2.53. The predicted molar refractivity (Wildman–Crippen MR) is 78.9 cm³/mol. The first-order chi connectivity index (χ1) is 9.72. The smallest absolute Gasteiger partial charge is 0.281 e. The molecule has 1 heterocycles. The molecule has 104 valence electrons. The van der Waals surface area contributed by atoms with Gasteiger partial charge < -0.3 is 9.47 Å². The zero-order valence-corrected chi connectivity index (χ0v) is 11.9. The van der Waals surface area contributed by atoms with Gasteiger partial charge in [0.2, 0.25) is 0 Å². The molecule has 0 radical (unpaired) electrons. The second kappa shape index (κ2) is 6.72. The van der Waals surface area contributed by atoms with E-state index in [1.807, 2.05) is 11.4 Å². The molecule has 0 saturated carbocycles. The van der Waals surface area contributed by atoms with Gasteiger partial charge in [0.25, 0.3) is 5.91 Å². The van der Waals surface area contributed by atoms with E-state index in [1.165, 1.54) is 17.6 Å². The quantitative estimate of drug-likeness (QED) is 0.680. The Morgan fingerprint density at radius 1 is 1.25 bits per heavy atom. The van der Waals surface area contributed by atoms with E-state index in [9.17, 15) is 4.79 Å². The molecule has 0 aliphatic carbocycles. The van der Waals surface area contributed by atoms with E-state index in [0.717, 1.165) is 5.56 Å². The molecule has 2 aromatic rings. The molecule has 1 aromatic heterocycles. The summed E-state index contributed by atoms with van der Waals surface area (Å²) in [6.07, 6.45) is 1.54. The number of nitrogens with one attached hydrogen (secondary N) is 1. The van der Waals surface area contributed by atoms with E-state index >= 15 is 0 Å². The standard InChI is InChI=1S/C14H14N2O3S/c1-18-11-6-10(7-12(8-11)19-2)9-15-16-14(17)13-4-3-5-20-13/h3-9H,1-2H3,(H,16,17). The van der Waals surface area contributed by atoms with Crippen molar-refractivity contribution in [1.29, 1.82) is 0 Å². The Balaban J connectivity index is 2.05. The van der Waals surface area contributed by atoms with E-state index in [0.29, 0.717) is 16.4 Å². The van der Waals surface area contributed by atoms with Crippen molar-refractivity contribution in [3.8, 4) is 11.5 Å². The summed E-state index contributed by atoms with van der Waals surface area (Å²) in [6.45, 7) is 0. The lowest BCUT2D eigenvalue weighted by molar-refractivity contribution is 0.0959. The third-order valence-electron chi connectivity index (χ3n) is 2.50. The summed E-state index contributed by atoms with van der Waals surface area (Å²) in [6, 6.07) is 8.91. The largest absolute Gasteiger partial charge is 0.497 e. The van der Waals surface area contributed by atoms with Crippen LogP contribution in [0.1, 0.15) is 15.2 Å². The van der Waals surface area contributed by atoms with Crippen LogP contribution in [-0.2, 0) is 0 Å². The van der Waals surface area contributed by atoms with Gasteiger partial charge in [0, 0.05) is 11.6 Å². The Kier molecular flexibility index (Phi) is 4.73. The number of benzene rings is 1. The minimum Gasteiger partial charge on any atom is -0.497 e. The van der Waals surface area contributed by atoms with Crippen LogP contribution in [0.15, 0.2) is 40.8 Å². The van der Waals surface area contributed by atoms with Gasteiger partial charge in [-0.3, -0.25) is 4.79 Å². The molecule has 20 heavy (non-hydrogen) atoms. The number of hydrazone groups is 1. The van der Waals surface area contributed by atoms with Crippen LogP contribution in [-0.4, -0.2) is 26.3 Å². The van der Waals surface area contributed by atoms with Crippen molar-refractivity contribution in [2.45, 2.75) is 0 Å². The fourth-order valence-corrected chi connectivity index (χ4v) is 2.15. The van der Waals surface area contributed by atoms with E-state index in [4.69, 9.17) is 9.47 Å². The van der Waals surface area contributed by atoms with Gasteiger partial charge in [-0.05, 0) is 23.6 Å². The lowest BCUT2D eigenvalue weighted by atomic mass is 10.2. The fraction of sp³-hybridized carbons (Fsp3) is 0.143. The zero-order chi connectivity index (χ0) is 14.4. The first-order valence-electron chi connectivity index (χ1n) is 5.83. The molecule has 0 aliphatic heterocycles. The minimum atomic E-state index is -0.230. The van der Waals surface area contributed by atoms with Crippen LogP contribution in [0.2, 0.25) is 0 Å². The second-order valence-corrected chi connectivity index (χ2v) is 4.77. The molecule has 1 amide bonds. The molecule has 1 aromatic carbocycles. The normalized spacial score (nSPS) is 10.5. The SMILES string of the molecule is COc1cc(C=NNC(=O)c2cccs2)cc(OC)c1. The number of ether oxygens (including phenoxy) is 2. The Hall–Kier alpha value is -2.34. The van der Waals surface area contributed by atoms with Crippen LogP contribution in [0.25, 0.3) is 0 Å². The van der Waals surface area contributed by atoms with Crippen molar-refractivity contribution in [2.24, 2.45) is 5.10 Å². The number of rotatable bonds is 5. The molecular weight excluding hydrogens is 276 g/mol. The third kappa shape index (κ3) is 3.58. The Labute approximate surface area is 120 Å². The average molecular weight is 290 g/mol. The monoisotopic (exact) mass is 290 g/mol. The maximum absolute atomic E-state index is 11.7. The third-order valence-corrected chi connectivity index (χ3v) is 3.37. The summed E-state index contributed by atoms with van der Waals surface area (Å²) in [4.78, 5) is 12.3. The highest BCUT2D eigenvalue weighted by atomic mass is 32.1. The molecule has 6 heteroatoms. The highest BCUT2D eigenvalue weighted by Crippen LogP contribution is 2.21. The van der Waals surface area contributed by atoms with Gasteiger partial charge in [-0.25, -0.2) is 5.43 Å². The second-order valence-electron chi connectivity index (χ2n) is 3.82. The molecule has 0 fully saturated rings. The zero-order valence-electron chi connectivity index (χ0n) is 11.1. The summed E-state index contributed by atoms with van der Waals surface area (Å²) < 4.78 is 10.3. The van der Waals surface area contributed by atoms with Gasteiger partial charge >= 0.3 is 0 Å². The first kappa shape index (κ1) is 14.1. The van der Waals surface area contributed by atoms with E-state index in [2.05, 4.69) is 10.5 Å². The number of carbonyl (C=O) groups is 1. The lowest BCUT2D eigenvalue weighted by Gasteiger charge is -2.05. The number of hydrogen-bond donors (Lipinski definition) is 1. The summed E-state index contributed by atoms with van der Waals surface area (Å²) in [5, 5.41) is 5.76. The topological polar surface area (TPSA) is 59.9 Å². The van der Waals surface area contributed by atoms with Crippen molar-refractivity contribution in [2.75, 3.05) is 14.2 Å². The number of methoxy groups -OCH3 is 2. The highest BCUT2D eigenvalue weighted by molar-refractivity contribution is 7.12. The van der Waals surface area contributed by atoms with Crippen LogP contribution in [0.3, 0.4) is 0 Å². The molecule has 0 aliphatic rings. The van der Waals surface area contributed by atoms with Crippen LogP contribution < -0.4 is 14.9 Å². The van der Waals surface area contributed by atoms with E-state index in [1.54, 1.807) is 38.5 Å². The van der Waals surface area contributed by atoms with Crippen molar-refractivity contribution >= 4 is 23.5 Å². The molecule has 1 N–H and O–H groups in total. The molecule has 0 atom stereocenters. The van der Waals surface area contributed by atoms with E-state index in [-0.39, 0.29) is 5.91 Å². The molecule has 5 nitrogen and oxygen atoms in total. The van der Waals surface area contributed by atoms with Crippen molar-refractivity contribution < 1.29 is 14.3 Å². The van der Waals surface area contributed by atoms with Crippen molar-refractivity contribution in [3.63, 3.8) is 0 Å². The highest BCUT2D eigenvalue weighted by Gasteiger charge is 2.04. The minimum absolute atomic E-state index is 0.230. The first-order valence-corrected chi connectivity index (χ1v) is 6.71. The van der Waals surface area contributed by atoms with Crippen LogP contribution >= 0.6 is 11.3 Å². The number of hydrogen-bond acceptors (Lipinski definition) is 5. The molecule has 0 spiro atoms. The summed E-state index contributed by atoms with van der Waals surface area (Å²) in [5.74, 6) is 1.09. The summed E-state index contributed by atoms with van der Waals surface area (Å²) in [5.41, 5.74) is 3.24. The van der Waals surface area contributed by atoms with E-state index < -0.39 is 0 Å². The van der Waals surface area contributed by atoms with Gasteiger partial charge in [0.1, 0.15) is 11.5 Å². The Morgan fingerprint density at radius 3 is 2.50 bits per heavy atom. The number of thiophene rings is 1. The number of amides is 1. The van der Waals surface area contributed by atoms with Gasteiger partial charge in [-0.1, -0.05) is 6.07 Å². The van der Waals surface area contributed by atoms with Crippen molar-refractivity contribution in [3.05, 3.63) is 46.2 Å². The van der Waals surface area contributed by atoms with Crippen LogP contribution in [0.4, 0.5) is 0 Å². The van der Waals surface area contributed by atoms with Crippen molar-refractivity contribution in [1.82, 2.24) is 5.43 Å². The van der Waals surface area contributed by atoms with Crippen LogP contribution in [0, 0.1) is 0 Å². The van der Waals surface area contributed by atoms with Gasteiger partial charge in [-0.15, -0.1) is 11.3 Å².